The van der Waals surface area contributed by atoms with Gasteiger partial charge in [0.05, 0.1) is 13.3 Å². The summed E-state index contributed by atoms with van der Waals surface area (Å²) in [6, 6.07) is 0.510. The van der Waals surface area contributed by atoms with Gasteiger partial charge in [-0.2, -0.15) is 0 Å². The van der Waals surface area contributed by atoms with Crippen molar-refractivity contribution in [1.29, 1.82) is 0 Å². The monoisotopic (exact) mass is 271 g/mol. The van der Waals surface area contributed by atoms with Crippen molar-refractivity contribution in [3.8, 4) is 0 Å². The first-order valence-corrected chi connectivity index (χ1v) is 7.14. The number of amides is 1. The van der Waals surface area contributed by atoms with Gasteiger partial charge in [-0.1, -0.05) is 27.7 Å². The summed E-state index contributed by atoms with van der Waals surface area (Å²) in [6.45, 7) is 14.1. The topological polar surface area (TPSA) is 26.8 Å². The first-order valence-electron chi connectivity index (χ1n) is 7.14. The quantitative estimate of drug-likeness (QED) is 0.665. The van der Waals surface area contributed by atoms with E-state index in [4.69, 9.17) is 0 Å². The minimum Gasteiger partial charge on any atom is -0.332 e. The smallest absolute Gasteiger partial charge is 0.229 e. The molecule has 0 saturated carbocycles. The summed E-state index contributed by atoms with van der Waals surface area (Å²) in [5, 5.41) is 0. The van der Waals surface area contributed by atoms with E-state index in [-0.39, 0.29) is 11.3 Å². The summed E-state index contributed by atoms with van der Waals surface area (Å²) in [5.74, 6) is 0.549. The highest BCUT2D eigenvalue weighted by atomic mass is 16.2. The van der Waals surface area contributed by atoms with Crippen LogP contribution in [0.15, 0.2) is 0 Å². The van der Waals surface area contributed by atoms with Gasteiger partial charge in [-0.15, -0.1) is 0 Å². The minimum atomic E-state index is -0.306. The summed E-state index contributed by atoms with van der Waals surface area (Å²) in [4.78, 5) is 18.7. The van der Waals surface area contributed by atoms with Crippen molar-refractivity contribution in [2.24, 2.45) is 11.3 Å². The first kappa shape index (κ1) is 18.4. The van der Waals surface area contributed by atoms with Crippen molar-refractivity contribution >= 4 is 5.91 Å². The zero-order chi connectivity index (χ0) is 15.4. The fourth-order valence-electron chi connectivity index (χ4n) is 1.75. The fourth-order valence-corrected chi connectivity index (χ4v) is 1.75. The Morgan fingerprint density at radius 2 is 1.47 bits per heavy atom. The van der Waals surface area contributed by atoms with Crippen LogP contribution in [0.1, 0.15) is 41.5 Å². The number of hydrogen-bond acceptors (Lipinski definition) is 3. The summed E-state index contributed by atoms with van der Waals surface area (Å²) in [6.07, 6.45) is 0. The molecule has 4 heteroatoms. The number of carbonyl (C=O) groups excluding carboxylic acids is 1. The van der Waals surface area contributed by atoms with Crippen LogP contribution >= 0.6 is 0 Å². The van der Waals surface area contributed by atoms with Gasteiger partial charge < -0.3 is 4.90 Å². The molecular formula is C15H33N3O. The lowest BCUT2D eigenvalue weighted by molar-refractivity contribution is -0.143. The van der Waals surface area contributed by atoms with Gasteiger partial charge in [-0.05, 0) is 33.9 Å². The molecule has 0 aliphatic heterocycles. The van der Waals surface area contributed by atoms with Crippen LogP contribution in [0.4, 0.5) is 0 Å². The van der Waals surface area contributed by atoms with Gasteiger partial charge in [-0.3, -0.25) is 14.6 Å². The van der Waals surface area contributed by atoms with Crippen molar-refractivity contribution in [2.45, 2.75) is 47.6 Å². The van der Waals surface area contributed by atoms with Gasteiger partial charge in [0.1, 0.15) is 0 Å². The molecule has 0 aromatic carbocycles. The molecule has 0 aromatic rings. The first-order chi connectivity index (χ1) is 8.50. The molecule has 1 amide bonds. The van der Waals surface area contributed by atoms with Crippen molar-refractivity contribution in [3.05, 3.63) is 0 Å². The van der Waals surface area contributed by atoms with Crippen LogP contribution in [0.2, 0.25) is 0 Å². The highest BCUT2D eigenvalue weighted by Gasteiger charge is 2.33. The van der Waals surface area contributed by atoms with Gasteiger partial charge in [0.2, 0.25) is 5.91 Å². The minimum absolute atomic E-state index is 0.210. The molecule has 0 N–H and O–H groups in total. The highest BCUT2D eigenvalue weighted by Crippen LogP contribution is 2.28. The predicted molar refractivity (Wildman–Crippen MR) is 81.8 cm³/mol. The van der Waals surface area contributed by atoms with Crippen molar-refractivity contribution in [3.63, 3.8) is 0 Å². The molecule has 0 unspecified atom stereocenters. The van der Waals surface area contributed by atoms with E-state index >= 15 is 0 Å². The zero-order valence-electron chi connectivity index (χ0n) is 14.3. The number of carbonyl (C=O) groups is 1. The molecule has 0 aromatic heterocycles. The third-order valence-electron chi connectivity index (χ3n) is 4.14. The molecule has 0 rings (SSSR count). The van der Waals surface area contributed by atoms with E-state index in [0.29, 0.717) is 18.6 Å². The SMILES string of the molecule is CC(C)N(C)CN(C)CN(C)C(=O)C(C)(C)C(C)C. The van der Waals surface area contributed by atoms with E-state index in [1.54, 1.807) is 0 Å². The van der Waals surface area contributed by atoms with Crippen molar-refractivity contribution in [1.82, 2.24) is 14.7 Å². The summed E-state index contributed by atoms with van der Waals surface area (Å²) in [5.41, 5.74) is -0.306. The molecule has 0 fully saturated rings. The Morgan fingerprint density at radius 1 is 1.00 bits per heavy atom. The van der Waals surface area contributed by atoms with E-state index in [1.165, 1.54) is 0 Å². The van der Waals surface area contributed by atoms with Gasteiger partial charge in [-0.25, -0.2) is 0 Å². The van der Waals surface area contributed by atoms with Crippen LogP contribution < -0.4 is 0 Å². The number of rotatable bonds is 7. The van der Waals surface area contributed by atoms with Crippen LogP contribution in [0.25, 0.3) is 0 Å². The standard InChI is InChI=1S/C15H33N3O/c1-12(2)15(5,6)14(19)18(9)11-16(7)10-17(8)13(3)4/h12-13H,10-11H2,1-9H3. The molecule has 0 spiro atoms. The van der Waals surface area contributed by atoms with Crippen LogP contribution in [0.5, 0.6) is 0 Å². The molecule has 0 heterocycles. The lowest BCUT2D eigenvalue weighted by Crippen LogP contribution is -2.48. The third-order valence-corrected chi connectivity index (χ3v) is 4.14. The Labute approximate surface area is 119 Å². The Kier molecular flexibility index (Phi) is 7.01. The second-order valence-electron chi connectivity index (χ2n) is 6.87. The van der Waals surface area contributed by atoms with Crippen LogP contribution in [-0.4, -0.2) is 61.1 Å². The molecule has 0 atom stereocenters. The summed E-state index contributed by atoms with van der Waals surface area (Å²) in [7, 11) is 6.03. The van der Waals surface area contributed by atoms with Gasteiger partial charge >= 0.3 is 0 Å². The van der Waals surface area contributed by atoms with Crippen LogP contribution in [-0.2, 0) is 4.79 Å². The maximum Gasteiger partial charge on any atom is 0.229 e. The lowest BCUT2D eigenvalue weighted by Gasteiger charge is -2.35. The normalized spacial score (nSPS) is 12.9. The second kappa shape index (κ2) is 7.25. The van der Waals surface area contributed by atoms with E-state index in [0.717, 1.165) is 6.67 Å². The Balaban J connectivity index is 4.45. The Bertz CT molecular complexity index is 287. The Morgan fingerprint density at radius 3 is 1.84 bits per heavy atom. The maximum absolute atomic E-state index is 12.4. The van der Waals surface area contributed by atoms with Crippen LogP contribution in [0, 0.1) is 11.3 Å². The van der Waals surface area contributed by atoms with Crippen molar-refractivity contribution < 1.29 is 4.79 Å². The molecule has 114 valence electrons. The van der Waals surface area contributed by atoms with E-state index < -0.39 is 0 Å². The maximum atomic E-state index is 12.4. The largest absolute Gasteiger partial charge is 0.332 e. The summed E-state index contributed by atoms with van der Waals surface area (Å²) < 4.78 is 0. The van der Waals surface area contributed by atoms with Gasteiger partial charge in [0.15, 0.2) is 0 Å². The average molecular weight is 271 g/mol. The zero-order valence-corrected chi connectivity index (χ0v) is 14.3. The van der Waals surface area contributed by atoms with E-state index in [9.17, 15) is 4.79 Å². The van der Waals surface area contributed by atoms with E-state index in [2.05, 4.69) is 44.5 Å². The highest BCUT2D eigenvalue weighted by molar-refractivity contribution is 5.81. The molecule has 0 aliphatic carbocycles. The van der Waals surface area contributed by atoms with Gasteiger partial charge in [0.25, 0.3) is 0 Å². The number of hydrogen-bond donors (Lipinski definition) is 0. The van der Waals surface area contributed by atoms with Crippen LogP contribution in [0.3, 0.4) is 0 Å². The third kappa shape index (κ3) is 5.49. The fraction of sp³-hybridized carbons (Fsp3) is 0.933. The molecule has 19 heavy (non-hydrogen) atoms. The molecule has 0 bridgehead atoms. The molecule has 4 nitrogen and oxygen atoms in total. The summed E-state index contributed by atoms with van der Waals surface area (Å²) >= 11 is 0. The lowest BCUT2D eigenvalue weighted by atomic mass is 9.80. The molecular weight excluding hydrogens is 238 g/mol. The van der Waals surface area contributed by atoms with Crippen molar-refractivity contribution in [2.75, 3.05) is 34.5 Å². The van der Waals surface area contributed by atoms with Gasteiger partial charge in [0, 0.05) is 18.5 Å². The molecule has 0 radical (unpaired) electrons. The Hall–Kier alpha value is -0.610. The second-order valence-corrected chi connectivity index (χ2v) is 6.87. The van der Waals surface area contributed by atoms with E-state index in [1.807, 2.05) is 32.8 Å². The number of nitrogens with zero attached hydrogens (tertiary/aromatic N) is 3. The average Bonchev–Trinajstić information content (AvgIpc) is 2.26. The molecule has 0 saturated heterocycles. The predicted octanol–water partition coefficient (Wildman–Crippen LogP) is 2.31. The molecule has 0 aliphatic rings.